The average Bonchev–Trinajstić information content (AvgIpc) is 2.84. The summed E-state index contributed by atoms with van der Waals surface area (Å²) in [5.41, 5.74) is 3.26. The number of pyridine rings is 2. The van der Waals surface area contributed by atoms with Gasteiger partial charge in [0, 0.05) is 54.5 Å². The fraction of sp³-hybridized carbons (Fsp3) is 0.240. The first kappa shape index (κ1) is 21.3. The number of nitrogens with one attached hydrogen (secondary N) is 1. The molecule has 1 fully saturated rings. The van der Waals surface area contributed by atoms with Gasteiger partial charge < -0.3 is 9.88 Å². The van der Waals surface area contributed by atoms with Gasteiger partial charge in [0.15, 0.2) is 0 Å². The van der Waals surface area contributed by atoms with Crippen molar-refractivity contribution < 1.29 is 4.79 Å². The van der Waals surface area contributed by atoms with Crippen LogP contribution in [0.15, 0.2) is 59.7 Å². The number of hydrogen-bond acceptors (Lipinski definition) is 5. The van der Waals surface area contributed by atoms with Crippen LogP contribution in [0.5, 0.6) is 0 Å². The first-order valence-electron chi connectivity index (χ1n) is 10.9. The van der Waals surface area contributed by atoms with Gasteiger partial charge in [0.05, 0.1) is 16.8 Å². The number of carbonyl (C=O) groups excluding carboxylic acids is 1. The molecule has 4 heterocycles. The van der Waals surface area contributed by atoms with Crippen LogP contribution in [0.25, 0.3) is 33.4 Å². The normalized spacial score (nSPS) is 14.5. The number of carbonyl (C=O) groups is 1. The van der Waals surface area contributed by atoms with Crippen molar-refractivity contribution in [2.45, 2.75) is 25.7 Å². The molecular weight excluding hydrogens is 438 g/mol. The van der Waals surface area contributed by atoms with Crippen molar-refractivity contribution in [2.75, 3.05) is 13.1 Å². The van der Waals surface area contributed by atoms with Crippen molar-refractivity contribution in [3.63, 3.8) is 0 Å². The Morgan fingerprint density at radius 2 is 1.85 bits per heavy atom. The Morgan fingerprint density at radius 3 is 2.52 bits per heavy atom. The number of halogens is 1. The predicted octanol–water partition coefficient (Wildman–Crippen LogP) is 4.43. The average molecular weight is 460 g/mol. The molecule has 0 radical (unpaired) electrons. The van der Waals surface area contributed by atoms with E-state index in [0.29, 0.717) is 46.2 Å². The maximum Gasteiger partial charge on any atom is 0.258 e. The van der Waals surface area contributed by atoms with Crippen LogP contribution in [0.3, 0.4) is 0 Å². The minimum Gasteiger partial charge on any atom is -0.343 e. The zero-order valence-corrected chi connectivity index (χ0v) is 18.8. The lowest BCUT2D eigenvalue weighted by molar-refractivity contribution is -0.129. The van der Waals surface area contributed by atoms with Gasteiger partial charge in [0.25, 0.3) is 5.56 Å². The predicted molar refractivity (Wildman–Crippen MR) is 128 cm³/mol. The number of amides is 1. The zero-order valence-electron chi connectivity index (χ0n) is 18.1. The van der Waals surface area contributed by atoms with Crippen molar-refractivity contribution in [3.8, 4) is 22.5 Å². The van der Waals surface area contributed by atoms with E-state index in [4.69, 9.17) is 21.6 Å². The summed E-state index contributed by atoms with van der Waals surface area (Å²) in [6.07, 6.45) is 4.93. The van der Waals surface area contributed by atoms with Crippen molar-refractivity contribution >= 4 is 28.4 Å². The second-order valence-corrected chi connectivity index (χ2v) is 8.67. The number of hydrogen-bond donors (Lipinski definition) is 1. The fourth-order valence-corrected chi connectivity index (χ4v) is 4.42. The maximum absolute atomic E-state index is 13.2. The number of rotatable bonds is 3. The number of aromatic amines is 1. The largest absolute Gasteiger partial charge is 0.343 e. The second-order valence-electron chi connectivity index (χ2n) is 8.23. The highest BCUT2D eigenvalue weighted by atomic mass is 35.5. The van der Waals surface area contributed by atoms with Gasteiger partial charge in [-0.15, -0.1) is 0 Å². The van der Waals surface area contributed by atoms with Crippen LogP contribution in [-0.4, -0.2) is 43.8 Å². The molecule has 8 heteroatoms. The Labute approximate surface area is 195 Å². The standard InChI is InChI=1S/C25H22ClN5O2/c1-15(32)31-11-8-17(9-12-31)24-29-23-20(25(33)30-24)13-21(16-4-6-19(26)7-5-16)28-22(23)18-3-2-10-27-14-18/h2-7,10,13-14,17H,8-9,11-12H2,1H3,(H,29,30,33). The summed E-state index contributed by atoms with van der Waals surface area (Å²) in [6, 6.07) is 12.9. The number of fused-ring (bicyclic) bond motifs is 1. The minimum absolute atomic E-state index is 0.0752. The van der Waals surface area contributed by atoms with E-state index in [1.165, 1.54) is 0 Å². The molecule has 1 saturated heterocycles. The van der Waals surface area contributed by atoms with E-state index in [-0.39, 0.29) is 17.4 Å². The Morgan fingerprint density at radius 1 is 1.09 bits per heavy atom. The number of aromatic nitrogens is 4. The third-order valence-corrected chi connectivity index (χ3v) is 6.37. The number of nitrogens with zero attached hydrogens (tertiary/aromatic N) is 4. The van der Waals surface area contributed by atoms with E-state index in [2.05, 4.69) is 9.97 Å². The monoisotopic (exact) mass is 459 g/mol. The molecule has 0 saturated carbocycles. The van der Waals surface area contributed by atoms with E-state index in [0.717, 1.165) is 24.0 Å². The highest BCUT2D eigenvalue weighted by Crippen LogP contribution is 2.31. The molecule has 0 atom stereocenters. The lowest BCUT2D eigenvalue weighted by Gasteiger charge is -2.30. The van der Waals surface area contributed by atoms with Crippen molar-refractivity contribution in [1.82, 2.24) is 24.8 Å². The van der Waals surface area contributed by atoms with Gasteiger partial charge >= 0.3 is 0 Å². The summed E-state index contributed by atoms with van der Waals surface area (Å²) in [4.78, 5) is 43.7. The van der Waals surface area contributed by atoms with E-state index in [9.17, 15) is 9.59 Å². The van der Waals surface area contributed by atoms with Crippen LogP contribution >= 0.6 is 11.6 Å². The van der Waals surface area contributed by atoms with E-state index < -0.39 is 0 Å². The maximum atomic E-state index is 13.2. The zero-order chi connectivity index (χ0) is 22.9. The molecule has 4 aromatic rings. The van der Waals surface area contributed by atoms with Gasteiger partial charge in [-0.3, -0.25) is 14.6 Å². The third-order valence-electron chi connectivity index (χ3n) is 6.11. The molecular formula is C25H22ClN5O2. The van der Waals surface area contributed by atoms with Crippen LogP contribution in [0, 0.1) is 0 Å². The summed E-state index contributed by atoms with van der Waals surface area (Å²) in [6.45, 7) is 2.90. The molecule has 0 spiro atoms. The van der Waals surface area contributed by atoms with E-state index in [1.54, 1.807) is 37.5 Å². The number of piperidine rings is 1. The van der Waals surface area contributed by atoms with Gasteiger partial charge in [-0.2, -0.15) is 0 Å². The van der Waals surface area contributed by atoms with Gasteiger partial charge in [0.2, 0.25) is 5.91 Å². The Kier molecular flexibility index (Phi) is 5.64. The Balaban J connectivity index is 1.65. The summed E-state index contributed by atoms with van der Waals surface area (Å²) in [7, 11) is 0. The lowest BCUT2D eigenvalue weighted by Crippen LogP contribution is -2.37. The molecule has 3 aromatic heterocycles. The Bertz CT molecular complexity index is 1380. The smallest absolute Gasteiger partial charge is 0.258 e. The Hall–Kier alpha value is -3.58. The first-order valence-corrected chi connectivity index (χ1v) is 11.2. The highest BCUT2D eigenvalue weighted by Gasteiger charge is 2.25. The summed E-state index contributed by atoms with van der Waals surface area (Å²) in [5, 5.41) is 1.10. The topological polar surface area (TPSA) is 91.8 Å². The molecule has 1 aromatic carbocycles. The number of likely N-dealkylation sites (tertiary alicyclic amines) is 1. The molecule has 33 heavy (non-hydrogen) atoms. The molecule has 0 bridgehead atoms. The molecule has 1 aliphatic heterocycles. The van der Waals surface area contributed by atoms with Crippen LogP contribution in [-0.2, 0) is 4.79 Å². The fourth-order valence-electron chi connectivity index (χ4n) is 4.29. The summed E-state index contributed by atoms with van der Waals surface area (Å²) < 4.78 is 0. The van der Waals surface area contributed by atoms with Crippen molar-refractivity contribution in [3.05, 3.63) is 76.1 Å². The SMILES string of the molecule is CC(=O)N1CCC(c2nc3c(-c4cccnc4)nc(-c4ccc(Cl)cc4)cc3c(=O)[nH]2)CC1. The minimum atomic E-state index is -0.202. The van der Waals surface area contributed by atoms with Crippen LogP contribution < -0.4 is 5.56 Å². The molecule has 1 N–H and O–H groups in total. The van der Waals surface area contributed by atoms with Crippen molar-refractivity contribution in [2.24, 2.45) is 0 Å². The molecule has 1 aliphatic rings. The van der Waals surface area contributed by atoms with Gasteiger partial charge in [-0.1, -0.05) is 23.7 Å². The van der Waals surface area contributed by atoms with Crippen LogP contribution in [0.1, 0.15) is 31.5 Å². The second kappa shape index (κ2) is 8.75. The lowest BCUT2D eigenvalue weighted by atomic mass is 9.95. The van der Waals surface area contributed by atoms with Gasteiger partial charge in [0.1, 0.15) is 11.3 Å². The molecule has 0 unspecified atom stereocenters. The molecule has 166 valence electrons. The van der Waals surface area contributed by atoms with E-state index in [1.807, 2.05) is 29.2 Å². The molecule has 5 rings (SSSR count). The summed E-state index contributed by atoms with van der Waals surface area (Å²) >= 11 is 6.05. The third kappa shape index (κ3) is 4.24. The van der Waals surface area contributed by atoms with Crippen molar-refractivity contribution in [1.29, 1.82) is 0 Å². The van der Waals surface area contributed by atoms with Crippen LogP contribution in [0.4, 0.5) is 0 Å². The molecule has 0 aliphatic carbocycles. The number of benzene rings is 1. The van der Waals surface area contributed by atoms with Gasteiger partial charge in [-0.05, 0) is 43.2 Å². The quantitative estimate of drug-likeness (QED) is 0.489. The van der Waals surface area contributed by atoms with E-state index >= 15 is 0 Å². The first-order chi connectivity index (χ1) is 16.0. The summed E-state index contributed by atoms with van der Waals surface area (Å²) in [5.74, 6) is 0.795. The molecule has 1 amide bonds. The molecule has 7 nitrogen and oxygen atoms in total. The highest BCUT2D eigenvalue weighted by molar-refractivity contribution is 6.30. The van der Waals surface area contributed by atoms with Gasteiger partial charge in [-0.25, -0.2) is 9.97 Å². The number of H-pyrrole nitrogens is 1. The van der Waals surface area contributed by atoms with Crippen LogP contribution in [0.2, 0.25) is 5.02 Å².